The maximum Gasteiger partial charge on any atom is 0.328 e. The Kier molecular flexibility index (Phi) is 18.8. The predicted molar refractivity (Wildman–Crippen MR) is 186 cm³/mol. The van der Waals surface area contributed by atoms with Crippen LogP contribution < -0.4 is 5.32 Å². The molecule has 0 unspecified atom stereocenters. The zero-order chi connectivity index (χ0) is 38.1. The second-order valence-corrected chi connectivity index (χ2v) is 14.9. The van der Waals surface area contributed by atoms with Crippen molar-refractivity contribution in [2.75, 3.05) is 32.8 Å². The number of carbonyl (C=O) groups is 7. The Morgan fingerprint density at radius 3 is 1.58 bits per heavy atom. The summed E-state index contributed by atoms with van der Waals surface area (Å²) in [7, 11) is 3.55. The lowest BCUT2D eigenvalue weighted by molar-refractivity contribution is -0.160. The van der Waals surface area contributed by atoms with Gasteiger partial charge in [0, 0.05) is 24.3 Å². The number of thioether (sulfide) groups is 1. The zero-order valence-corrected chi connectivity index (χ0v) is 31.5. The minimum Gasteiger partial charge on any atom is -0.469 e. The number of carbonyl (C=O) groups excluding carboxylic acids is 7. The number of nitrogens with one attached hydrogen (secondary N) is 1. The van der Waals surface area contributed by atoms with Gasteiger partial charge in [-0.3, -0.25) is 28.8 Å². The monoisotopic (exact) mass is 723 g/mol. The van der Waals surface area contributed by atoms with Crippen LogP contribution in [0.25, 0.3) is 0 Å². The molecule has 1 rings (SSSR count). The summed E-state index contributed by atoms with van der Waals surface area (Å²) in [6.45, 7) is 10.3. The molecule has 1 N–H and O–H groups in total. The number of benzene rings is 1. The molecule has 0 radical (unpaired) electrons. The minimum atomic E-state index is -1.20. The molecule has 1 aromatic rings. The van der Waals surface area contributed by atoms with Gasteiger partial charge in [0.2, 0.25) is 5.91 Å². The molecule has 1 amide bonds. The summed E-state index contributed by atoms with van der Waals surface area (Å²) in [6, 6.07) is 7.88. The number of Topliss-reactive ketones (excluding diaryl/α,β-unsaturated/α-hetero) is 1. The van der Waals surface area contributed by atoms with Crippen LogP contribution >= 0.6 is 11.8 Å². The lowest BCUT2D eigenvalue weighted by Crippen LogP contribution is -2.45. The number of amides is 1. The van der Waals surface area contributed by atoms with Crippen molar-refractivity contribution >= 4 is 53.3 Å². The van der Waals surface area contributed by atoms with Crippen molar-refractivity contribution in [1.82, 2.24) is 5.32 Å². The van der Waals surface area contributed by atoms with E-state index in [1.54, 1.807) is 41.5 Å². The molecular weight excluding hydrogens is 670 g/mol. The van der Waals surface area contributed by atoms with E-state index < -0.39 is 70.8 Å². The van der Waals surface area contributed by atoms with Gasteiger partial charge in [-0.05, 0) is 59.9 Å². The molecule has 0 aliphatic carbocycles. The van der Waals surface area contributed by atoms with Crippen LogP contribution in [-0.4, -0.2) is 91.6 Å². The molecule has 0 aliphatic heterocycles. The van der Waals surface area contributed by atoms with Gasteiger partial charge in [-0.1, -0.05) is 30.3 Å². The van der Waals surface area contributed by atoms with Crippen molar-refractivity contribution in [3.8, 4) is 0 Å². The van der Waals surface area contributed by atoms with Crippen molar-refractivity contribution in [3.63, 3.8) is 0 Å². The molecule has 4 atom stereocenters. The summed E-state index contributed by atoms with van der Waals surface area (Å²) < 4.78 is 25.3. The fourth-order valence-electron chi connectivity index (χ4n) is 4.79. The van der Waals surface area contributed by atoms with E-state index in [4.69, 9.17) is 23.7 Å². The Bertz CT molecular complexity index is 1300. The summed E-state index contributed by atoms with van der Waals surface area (Å²) in [4.78, 5) is 89.1. The predicted octanol–water partition coefficient (Wildman–Crippen LogP) is 4.02. The first-order chi connectivity index (χ1) is 23.3. The van der Waals surface area contributed by atoms with Crippen molar-refractivity contribution in [2.45, 2.75) is 97.3 Å². The molecule has 0 bridgehead atoms. The average Bonchev–Trinajstić information content (AvgIpc) is 3.02. The zero-order valence-electron chi connectivity index (χ0n) is 30.7. The molecule has 0 heterocycles. The van der Waals surface area contributed by atoms with Crippen LogP contribution in [0, 0.1) is 17.8 Å². The van der Waals surface area contributed by atoms with E-state index in [0.29, 0.717) is 0 Å². The smallest absolute Gasteiger partial charge is 0.328 e. The SMILES string of the molecule is COC(=O)[C@H](CSC[C@@H](CC(=O)CC[C@@H](NC(=O)[C@@H](CC(=O)OC(C)(C)C)Cc1ccccc1)C(=O)OC)C(=O)OC)CC(=O)OC(C)(C)C. The maximum atomic E-state index is 13.5. The highest BCUT2D eigenvalue weighted by Crippen LogP contribution is 2.23. The van der Waals surface area contributed by atoms with Crippen molar-refractivity contribution in [3.05, 3.63) is 35.9 Å². The highest BCUT2D eigenvalue weighted by Gasteiger charge is 2.32. The third-order valence-electron chi connectivity index (χ3n) is 7.06. The van der Waals surface area contributed by atoms with Gasteiger partial charge in [-0.2, -0.15) is 11.8 Å². The van der Waals surface area contributed by atoms with E-state index in [1.165, 1.54) is 26.0 Å². The number of hydrogen-bond donors (Lipinski definition) is 1. The Labute approximate surface area is 299 Å². The minimum absolute atomic E-state index is 0.100. The number of methoxy groups -OCH3 is 3. The molecule has 13 nitrogen and oxygen atoms in total. The van der Waals surface area contributed by atoms with E-state index in [1.807, 2.05) is 30.3 Å². The van der Waals surface area contributed by atoms with Gasteiger partial charge >= 0.3 is 29.8 Å². The molecule has 0 aliphatic rings. The van der Waals surface area contributed by atoms with Crippen LogP contribution in [0.5, 0.6) is 0 Å². The van der Waals surface area contributed by atoms with Crippen LogP contribution in [0.3, 0.4) is 0 Å². The highest BCUT2D eigenvalue weighted by atomic mass is 32.2. The van der Waals surface area contributed by atoms with Crippen LogP contribution in [0.2, 0.25) is 0 Å². The van der Waals surface area contributed by atoms with Gasteiger partial charge in [-0.15, -0.1) is 0 Å². The molecule has 0 spiro atoms. The maximum absolute atomic E-state index is 13.5. The number of rotatable bonds is 20. The molecule has 14 heteroatoms. The third-order valence-corrected chi connectivity index (χ3v) is 8.33. The Morgan fingerprint density at radius 1 is 0.660 bits per heavy atom. The fourth-order valence-corrected chi connectivity index (χ4v) is 6.01. The largest absolute Gasteiger partial charge is 0.469 e. The van der Waals surface area contributed by atoms with Gasteiger partial charge < -0.3 is 29.0 Å². The van der Waals surface area contributed by atoms with Crippen molar-refractivity contribution in [1.29, 1.82) is 0 Å². The fraction of sp³-hybridized carbons (Fsp3) is 0.639. The van der Waals surface area contributed by atoms with E-state index >= 15 is 0 Å². The van der Waals surface area contributed by atoms with Crippen molar-refractivity contribution < 1.29 is 57.2 Å². The van der Waals surface area contributed by atoms with Gasteiger partial charge in [0.05, 0.1) is 51.9 Å². The topological polar surface area (TPSA) is 178 Å². The molecular formula is C36H53NO12S. The summed E-state index contributed by atoms with van der Waals surface area (Å²) in [5.74, 6) is -6.51. The third kappa shape index (κ3) is 18.2. The van der Waals surface area contributed by atoms with Gasteiger partial charge in [-0.25, -0.2) is 4.79 Å². The van der Waals surface area contributed by atoms with Gasteiger partial charge in [0.15, 0.2) is 0 Å². The number of esters is 5. The van der Waals surface area contributed by atoms with E-state index in [9.17, 15) is 33.6 Å². The quantitative estimate of drug-likeness (QED) is 0.151. The lowest BCUT2D eigenvalue weighted by Gasteiger charge is -2.24. The van der Waals surface area contributed by atoms with Crippen LogP contribution in [0.15, 0.2) is 30.3 Å². The Morgan fingerprint density at radius 2 is 1.12 bits per heavy atom. The Hall–Kier alpha value is -3.94. The normalized spacial score (nSPS) is 13.9. The van der Waals surface area contributed by atoms with Crippen LogP contribution in [0.4, 0.5) is 0 Å². The van der Waals surface area contributed by atoms with Crippen LogP contribution in [0.1, 0.15) is 79.2 Å². The Balaban J connectivity index is 2.95. The highest BCUT2D eigenvalue weighted by molar-refractivity contribution is 7.99. The van der Waals surface area contributed by atoms with E-state index in [-0.39, 0.29) is 55.8 Å². The molecule has 0 fully saturated rings. The second kappa shape index (κ2) is 21.3. The average molecular weight is 724 g/mol. The molecule has 0 saturated heterocycles. The number of ether oxygens (including phenoxy) is 5. The molecule has 0 saturated carbocycles. The van der Waals surface area contributed by atoms with E-state index in [0.717, 1.165) is 12.7 Å². The van der Waals surface area contributed by atoms with Gasteiger partial charge in [0.1, 0.15) is 23.0 Å². The lowest BCUT2D eigenvalue weighted by atomic mass is 9.94. The summed E-state index contributed by atoms with van der Waals surface area (Å²) in [6.07, 6.45) is -0.793. The molecule has 50 heavy (non-hydrogen) atoms. The summed E-state index contributed by atoms with van der Waals surface area (Å²) >= 11 is 1.18. The van der Waals surface area contributed by atoms with Crippen LogP contribution in [-0.2, 0) is 63.7 Å². The van der Waals surface area contributed by atoms with Crippen molar-refractivity contribution in [2.24, 2.45) is 17.8 Å². The summed E-state index contributed by atoms with van der Waals surface area (Å²) in [5.41, 5.74) is -0.694. The number of hydrogen-bond acceptors (Lipinski definition) is 13. The summed E-state index contributed by atoms with van der Waals surface area (Å²) in [5, 5.41) is 2.64. The first-order valence-corrected chi connectivity index (χ1v) is 17.5. The first kappa shape index (κ1) is 44.1. The number of ketones is 1. The van der Waals surface area contributed by atoms with Gasteiger partial charge in [0.25, 0.3) is 0 Å². The molecule has 0 aromatic heterocycles. The van der Waals surface area contributed by atoms with E-state index in [2.05, 4.69) is 5.32 Å². The first-order valence-electron chi connectivity index (χ1n) is 16.4. The molecule has 280 valence electrons. The standard InChI is InChI=1S/C36H53NO12S/c1-35(2,3)48-29(39)19-24(17-23-13-11-10-12-14-23)31(41)37-28(34(44)47-9)16-15-27(38)18-25(32(42)45-7)21-50-22-26(33(43)46-8)20-30(40)49-36(4,5)6/h10-14,24-26,28H,15-22H2,1-9H3,(H,37,41)/t24-,25-,26+,28-/m1/s1. The second-order valence-electron chi connectivity index (χ2n) is 13.8. The molecule has 1 aromatic carbocycles.